The molecule has 1 aromatic carbocycles. The highest BCUT2D eigenvalue weighted by Gasteiger charge is 2.34. The molecule has 1 aromatic rings. The predicted octanol–water partition coefficient (Wildman–Crippen LogP) is 1.62. The van der Waals surface area contributed by atoms with Crippen molar-refractivity contribution in [3.8, 4) is 0 Å². The van der Waals surface area contributed by atoms with Gasteiger partial charge in [0.2, 0.25) is 5.91 Å². The standard InChI is InChI=1S/C11H8BrFN2O4/c12-9-6(13)1-2-7-10(9)14(3-4-16)8(17)5-15(7)11(18)19/h1-2,4H,3,5H2,(H,18,19). The second kappa shape index (κ2) is 4.96. The van der Waals surface area contributed by atoms with Crippen LogP contribution in [0.25, 0.3) is 0 Å². The molecule has 0 atom stereocenters. The number of halogens is 2. The minimum atomic E-state index is -1.32. The Kier molecular flexibility index (Phi) is 3.52. The fraction of sp³-hybridized carbons (Fsp3) is 0.182. The summed E-state index contributed by atoms with van der Waals surface area (Å²) in [5, 5.41) is 9.06. The average Bonchev–Trinajstić information content (AvgIpc) is 2.36. The number of carboxylic acid groups (broad SMARTS) is 1. The highest BCUT2D eigenvalue weighted by Crippen LogP contribution is 2.40. The zero-order valence-corrected chi connectivity index (χ0v) is 11.1. The van der Waals surface area contributed by atoms with E-state index in [0.29, 0.717) is 6.29 Å². The molecule has 6 nitrogen and oxygen atoms in total. The van der Waals surface area contributed by atoms with Crippen LogP contribution in [0.15, 0.2) is 16.6 Å². The van der Waals surface area contributed by atoms with Crippen LogP contribution in [0.4, 0.5) is 20.6 Å². The van der Waals surface area contributed by atoms with Crippen molar-refractivity contribution >= 4 is 45.6 Å². The van der Waals surface area contributed by atoms with E-state index in [-0.39, 0.29) is 22.4 Å². The van der Waals surface area contributed by atoms with Crippen LogP contribution >= 0.6 is 15.9 Å². The maximum absolute atomic E-state index is 13.5. The molecule has 1 N–H and O–H groups in total. The molecule has 0 fully saturated rings. The molecule has 2 amide bonds. The van der Waals surface area contributed by atoms with E-state index in [0.717, 1.165) is 15.9 Å². The molecule has 0 bridgehead atoms. The number of anilines is 2. The summed E-state index contributed by atoms with van der Waals surface area (Å²) >= 11 is 2.98. The second-order valence-electron chi connectivity index (χ2n) is 3.77. The quantitative estimate of drug-likeness (QED) is 0.836. The fourth-order valence-corrected chi connectivity index (χ4v) is 2.42. The lowest BCUT2D eigenvalue weighted by molar-refractivity contribution is -0.118. The van der Waals surface area contributed by atoms with Gasteiger partial charge in [-0.15, -0.1) is 0 Å². The minimum Gasteiger partial charge on any atom is -0.465 e. The van der Waals surface area contributed by atoms with E-state index in [1.54, 1.807) is 0 Å². The number of fused-ring (bicyclic) bond motifs is 1. The number of carbonyl (C=O) groups excluding carboxylic acids is 2. The first-order valence-corrected chi connectivity index (χ1v) is 5.99. The number of hydrogen-bond acceptors (Lipinski definition) is 3. The number of benzene rings is 1. The number of hydrogen-bond donors (Lipinski definition) is 1. The number of aldehydes is 1. The Morgan fingerprint density at radius 3 is 2.79 bits per heavy atom. The van der Waals surface area contributed by atoms with Gasteiger partial charge >= 0.3 is 6.09 Å². The Balaban J connectivity index is 2.66. The summed E-state index contributed by atoms with van der Waals surface area (Å²) in [6.45, 7) is -0.671. The van der Waals surface area contributed by atoms with Crippen molar-refractivity contribution < 1.29 is 23.9 Å². The number of carbonyl (C=O) groups is 3. The lowest BCUT2D eigenvalue weighted by Gasteiger charge is -2.34. The van der Waals surface area contributed by atoms with Gasteiger partial charge in [0.1, 0.15) is 18.6 Å². The molecule has 8 heteroatoms. The van der Waals surface area contributed by atoms with Crippen LogP contribution in [0.1, 0.15) is 0 Å². The molecule has 0 saturated carbocycles. The summed E-state index contributed by atoms with van der Waals surface area (Å²) < 4.78 is 13.5. The van der Waals surface area contributed by atoms with Gasteiger partial charge in [-0.05, 0) is 28.1 Å². The maximum Gasteiger partial charge on any atom is 0.412 e. The molecule has 100 valence electrons. The average molecular weight is 331 g/mol. The van der Waals surface area contributed by atoms with Crippen LogP contribution in [-0.2, 0) is 9.59 Å². The van der Waals surface area contributed by atoms with E-state index in [2.05, 4.69) is 15.9 Å². The van der Waals surface area contributed by atoms with Gasteiger partial charge in [0.15, 0.2) is 0 Å². The molecule has 0 radical (unpaired) electrons. The van der Waals surface area contributed by atoms with Crippen LogP contribution in [0.5, 0.6) is 0 Å². The van der Waals surface area contributed by atoms with Gasteiger partial charge in [-0.2, -0.15) is 0 Å². The zero-order valence-electron chi connectivity index (χ0n) is 9.47. The molecule has 1 aliphatic rings. The molecule has 1 aliphatic heterocycles. The molecule has 1 heterocycles. The first-order chi connectivity index (χ1) is 8.97. The van der Waals surface area contributed by atoms with Crippen molar-refractivity contribution in [3.05, 3.63) is 22.4 Å². The summed E-state index contributed by atoms with van der Waals surface area (Å²) in [5.74, 6) is -1.23. The minimum absolute atomic E-state index is 0.0470. The van der Waals surface area contributed by atoms with E-state index in [4.69, 9.17) is 5.11 Å². The van der Waals surface area contributed by atoms with E-state index in [9.17, 15) is 18.8 Å². The first-order valence-electron chi connectivity index (χ1n) is 5.19. The van der Waals surface area contributed by atoms with E-state index in [1.165, 1.54) is 6.07 Å². The third-order valence-electron chi connectivity index (χ3n) is 2.69. The number of amides is 2. The van der Waals surface area contributed by atoms with Crippen molar-refractivity contribution in [2.45, 2.75) is 0 Å². The molecular formula is C11H8BrFN2O4. The van der Waals surface area contributed by atoms with Gasteiger partial charge in [0.25, 0.3) is 0 Å². The fourth-order valence-electron chi connectivity index (χ4n) is 1.87. The van der Waals surface area contributed by atoms with Gasteiger partial charge < -0.3 is 14.8 Å². The largest absolute Gasteiger partial charge is 0.465 e. The van der Waals surface area contributed by atoms with Crippen molar-refractivity contribution in [1.82, 2.24) is 0 Å². The van der Waals surface area contributed by atoms with E-state index < -0.39 is 24.4 Å². The summed E-state index contributed by atoms with van der Waals surface area (Å²) in [6.07, 6.45) is -0.825. The van der Waals surface area contributed by atoms with Crippen LogP contribution < -0.4 is 9.80 Å². The Bertz CT molecular complexity index is 578. The molecule has 0 spiro atoms. The molecule has 19 heavy (non-hydrogen) atoms. The van der Waals surface area contributed by atoms with Gasteiger partial charge in [-0.25, -0.2) is 9.18 Å². The predicted molar refractivity (Wildman–Crippen MR) is 67.9 cm³/mol. The van der Waals surface area contributed by atoms with Gasteiger partial charge in [0, 0.05) is 0 Å². The van der Waals surface area contributed by atoms with Crippen LogP contribution in [-0.4, -0.2) is 36.5 Å². The molecular weight excluding hydrogens is 323 g/mol. The maximum atomic E-state index is 13.5. The summed E-state index contributed by atoms with van der Waals surface area (Å²) in [6, 6.07) is 2.35. The summed E-state index contributed by atoms with van der Waals surface area (Å²) in [5.41, 5.74) is 0.202. The van der Waals surface area contributed by atoms with Crippen LogP contribution in [0, 0.1) is 5.82 Å². The van der Waals surface area contributed by atoms with Crippen LogP contribution in [0.2, 0.25) is 0 Å². The lowest BCUT2D eigenvalue weighted by atomic mass is 10.1. The van der Waals surface area contributed by atoms with E-state index in [1.807, 2.05) is 0 Å². The SMILES string of the molecule is O=CCN1C(=O)CN(C(=O)O)c2ccc(F)c(Br)c21. The van der Waals surface area contributed by atoms with Gasteiger partial charge in [-0.1, -0.05) is 0 Å². The van der Waals surface area contributed by atoms with Crippen molar-refractivity contribution in [1.29, 1.82) is 0 Å². The monoisotopic (exact) mass is 330 g/mol. The molecule has 2 rings (SSSR count). The third-order valence-corrected chi connectivity index (χ3v) is 3.45. The number of nitrogens with zero attached hydrogens (tertiary/aromatic N) is 2. The highest BCUT2D eigenvalue weighted by molar-refractivity contribution is 9.10. The number of rotatable bonds is 2. The zero-order chi connectivity index (χ0) is 14.2. The Morgan fingerprint density at radius 2 is 2.21 bits per heavy atom. The lowest BCUT2D eigenvalue weighted by Crippen LogP contribution is -2.48. The second-order valence-corrected chi connectivity index (χ2v) is 4.56. The molecule has 0 saturated heterocycles. The topological polar surface area (TPSA) is 77.9 Å². The Labute approximate surface area is 115 Å². The molecule has 0 unspecified atom stereocenters. The van der Waals surface area contributed by atoms with Crippen molar-refractivity contribution in [2.24, 2.45) is 0 Å². The van der Waals surface area contributed by atoms with Crippen molar-refractivity contribution in [3.63, 3.8) is 0 Å². The first kappa shape index (κ1) is 13.5. The highest BCUT2D eigenvalue weighted by atomic mass is 79.9. The summed E-state index contributed by atoms with van der Waals surface area (Å²) in [7, 11) is 0. The molecule has 0 aliphatic carbocycles. The Hall–Kier alpha value is -1.96. The summed E-state index contributed by atoms with van der Waals surface area (Å²) in [4.78, 5) is 35.4. The Morgan fingerprint density at radius 1 is 1.53 bits per heavy atom. The van der Waals surface area contributed by atoms with Gasteiger partial charge in [-0.3, -0.25) is 9.69 Å². The van der Waals surface area contributed by atoms with Gasteiger partial charge in [0.05, 0.1) is 22.4 Å². The molecule has 0 aromatic heterocycles. The van der Waals surface area contributed by atoms with Crippen LogP contribution in [0.3, 0.4) is 0 Å². The van der Waals surface area contributed by atoms with Crippen molar-refractivity contribution in [2.75, 3.05) is 22.9 Å². The smallest absolute Gasteiger partial charge is 0.412 e. The van der Waals surface area contributed by atoms with E-state index >= 15 is 0 Å². The normalized spacial score (nSPS) is 14.3. The third kappa shape index (κ3) is 2.19.